The number of hydrogen-bond donors (Lipinski definition) is 1. The molecule has 1 aliphatic rings. The molecule has 1 aliphatic carbocycles. The molecule has 4 heteroatoms. The third kappa shape index (κ3) is 2.56. The Hall–Kier alpha value is -0.900. The van der Waals surface area contributed by atoms with E-state index in [0.29, 0.717) is 11.9 Å². The Kier molecular flexibility index (Phi) is 3.05. The molecule has 1 aromatic heterocycles. The minimum atomic E-state index is 0.639. The Morgan fingerprint density at radius 3 is 2.73 bits per heavy atom. The summed E-state index contributed by atoms with van der Waals surface area (Å²) in [6.07, 6.45) is 2.57. The topological polar surface area (TPSA) is 51.0 Å². The summed E-state index contributed by atoms with van der Waals surface area (Å²) in [7, 11) is 0. The van der Waals surface area contributed by atoms with E-state index in [1.54, 1.807) is 0 Å². The van der Waals surface area contributed by atoms with E-state index in [9.17, 15) is 0 Å². The van der Waals surface area contributed by atoms with Crippen LogP contribution < -0.4 is 5.32 Å². The Morgan fingerprint density at radius 2 is 2.20 bits per heavy atom. The van der Waals surface area contributed by atoms with E-state index in [2.05, 4.69) is 29.3 Å². The van der Waals surface area contributed by atoms with Gasteiger partial charge in [0.1, 0.15) is 0 Å². The second-order valence-corrected chi connectivity index (χ2v) is 4.78. The van der Waals surface area contributed by atoms with Crippen molar-refractivity contribution < 1.29 is 4.52 Å². The first kappa shape index (κ1) is 10.6. The standard InChI is InChI=1S/C11H19N3O/c1-7(2)9-4-10(5-9)12-6-11-13-8(3)15-14-11/h7,9-10,12H,4-6H2,1-3H3. The highest BCUT2D eigenvalue weighted by atomic mass is 16.5. The summed E-state index contributed by atoms with van der Waals surface area (Å²) in [6, 6.07) is 0.649. The summed E-state index contributed by atoms with van der Waals surface area (Å²) < 4.78 is 4.91. The first-order valence-electron chi connectivity index (χ1n) is 5.67. The van der Waals surface area contributed by atoms with Crippen LogP contribution in [-0.4, -0.2) is 16.2 Å². The monoisotopic (exact) mass is 209 g/mol. The smallest absolute Gasteiger partial charge is 0.223 e. The lowest BCUT2D eigenvalue weighted by Crippen LogP contribution is -2.42. The second-order valence-electron chi connectivity index (χ2n) is 4.78. The van der Waals surface area contributed by atoms with E-state index in [1.165, 1.54) is 12.8 Å². The van der Waals surface area contributed by atoms with Crippen molar-refractivity contribution in [3.05, 3.63) is 11.7 Å². The zero-order valence-corrected chi connectivity index (χ0v) is 9.66. The minimum Gasteiger partial charge on any atom is -0.340 e. The molecule has 1 heterocycles. The largest absolute Gasteiger partial charge is 0.340 e. The van der Waals surface area contributed by atoms with Gasteiger partial charge in [0.25, 0.3) is 0 Å². The van der Waals surface area contributed by atoms with Crippen molar-refractivity contribution in [2.24, 2.45) is 11.8 Å². The zero-order chi connectivity index (χ0) is 10.8. The van der Waals surface area contributed by atoms with Crippen LogP contribution in [0.1, 0.15) is 38.4 Å². The first-order valence-corrected chi connectivity index (χ1v) is 5.67. The predicted molar refractivity (Wildman–Crippen MR) is 57.2 cm³/mol. The molecule has 4 nitrogen and oxygen atoms in total. The molecule has 84 valence electrons. The van der Waals surface area contributed by atoms with Crippen molar-refractivity contribution in [2.45, 2.75) is 46.2 Å². The van der Waals surface area contributed by atoms with Gasteiger partial charge < -0.3 is 9.84 Å². The van der Waals surface area contributed by atoms with Crippen molar-refractivity contribution >= 4 is 0 Å². The van der Waals surface area contributed by atoms with Crippen LogP contribution in [0.25, 0.3) is 0 Å². The van der Waals surface area contributed by atoms with Crippen molar-refractivity contribution in [1.29, 1.82) is 0 Å². The molecular weight excluding hydrogens is 190 g/mol. The lowest BCUT2D eigenvalue weighted by atomic mass is 9.74. The number of nitrogens with one attached hydrogen (secondary N) is 1. The van der Waals surface area contributed by atoms with Gasteiger partial charge >= 0.3 is 0 Å². The van der Waals surface area contributed by atoms with E-state index >= 15 is 0 Å². The molecule has 0 saturated heterocycles. The fourth-order valence-corrected chi connectivity index (χ4v) is 2.02. The summed E-state index contributed by atoms with van der Waals surface area (Å²) in [5.74, 6) is 3.12. The van der Waals surface area contributed by atoms with Gasteiger partial charge in [-0.1, -0.05) is 19.0 Å². The highest BCUT2D eigenvalue weighted by Gasteiger charge is 2.30. The molecule has 0 aromatic carbocycles. The van der Waals surface area contributed by atoms with Gasteiger partial charge in [0.05, 0.1) is 6.54 Å². The fraction of sp³-hybridized carbons (Fsp3) is 0.818. The van der Waals surface area contributed by atoms with E-state index in [-0.39, 0.29) is 0 Å². The van der Waals surface area contributed by atoms with Crippen LogP contribution in [0.3, 0.4) is 0 Å². The molecular formula is C11H19N3O. The van der Waals surface area contributed by atoms with Gasteiger partial charge in [-0.05, 0) is 24.7 Å². The summed E-state index contributed by atoms with van der Waals surface area (Å²) >= 11 is 0. The molecule has 1 fully saturated rings. The molecule has 2 rings (SSSR count). The van der Waals surface area contributed by atoms with E-state index in [1.807, 2.05) is 6.92 Å². The van der Waals surface area contributed by atoms with Crippen LogP contribution in [-0.2, 0) is 6.54 Å². The van der Waals surface area contributed by atoms with Crippen LogP contribution in [0.5, 0.6) is 0 Å². The van der Waals surface area contributed by atoms with Crippen LogP contribution >= 0.6 is 0 Å². The van der Waals surface area contributed by atoms with Crippen LogP contribution in [0.2, 0.25) is 0 Å². The zero-order valence-electron chi connectivity index (χ0n) is 9.66. The van der Waals surface area contributed by atoms with Gasteiger partial charge in [0.15, 0.2) is 5.82 Å². The molecule has 0 atom stereocenters. The Balaban J connectivity index is 1.68. The average Bonchev–Trinajstić information content (AvgIpc) is 2.48. The van der Waals surface area contributed by atoms with Crippen molar-refractivity contribution in [3.8, 4) is 0 Å². The maximum Gasteiger partial charge on any atom is 0.223 e. The number of aryl methyl sites for hydroxylation is 1. The summed E-state index contributed by atoms with van der Waals surface area (Å²) in [4.78, 5) is 4.15. The van der Waals surface area contributed by atoms with Gasteiger partial charge in [0.2, 0.25) is 5.89 Å². The maximum atomic E-state index is 4.91. The minimum absolute atomic E-state index is 0.639. The molecule has 15 heavy (non-hydrogen) atoms. The Bertz CT molecular complexity index is 315. The Morgan fingerprint density at radius 1 is 1.47 bits per heavy atom. The first-order chi connectivity index (χ1) is 7.15. The number of rotatable bonds is 4. The van der Waals surface area contributed by atoms with Gasteiger partial charge in [-0.15, -0.1) is 0 Å². The van der Waals surface area contributed by atoms with Gasteiger partial charge in [-0.3, -0.25) is 0 Å². The molecule has 1 aromatic rings. The van der Waals surface area contributed by atoms with Gasteiger partial charge in [-0.2, -0.15) is 4.98 Å². The normalized spacial score (nSPS) is 25.6. The van der Waals surface area contributed by atoms with Crippen LogP contribution in [0.4, 0.5) is 0 Å². The summed E-state index contributed by atoms with van der Waals surface area (Å²) in [5.41, 5.74) is 0. The second kappa shape index (κ2) is 4.31. The molecule has 0 unspecified atom stereocenters. The predicted octanol–water partition coefficient (Wildman–Crippen LogP) is 1.90. The molecule has 0 aliphatic heterocycles. The highest BCUT2D eigenvalue weighted by Crippen LogP contribution is 2.33. The molecule has 1 N–H and O–H groups in total. The lowest BCUT2D eigenvalue weighted by molar-refractivity contribution is 0.166. The molecule has 0 bridgehead atoms. The highest BCUT2D eigenvalue weighted by molar-refractivity contribution is 4.89. The van der Waals surface area contributed by atoms with Crippen LogP contribution in [0.15, 0.2) is 4.52 Å². The summed E-state index contributed by atoms with van der Waals surface area (Å²) in [5, 5.41) is 7.30. The third-order valence-electron chi connectivity index (χ3n) is 3.24. The summed E-state index contributed by atoms with van der Waals surface area (Å²) in [6.45, 7) is 7.13. The van der Waals surface area contributed by atoms with Crippen molar-refractivity contribution in [2.75, 3.05) is 0 Å². The van der Waals surface area contributed by atoms with Crippen molar-refractivity contribution in [1.82, 2.24) is 15.5 Å². The molecule has 0 amide bonds. The lowest BCUT2D eigenvalue weighted by Gasteiger charge is -2.38. The number of aromatic nitrogens is 2. The molecule has 0 spiro atoms. The molecule has 1 saturated carbocycles. The maximum absolute atomic E-state index is 4.91. The number of hydrogen-bond acceptors (Lipinski definition) is 4. The van der Waals surface area contributed by atoms with Crippen molar-refractivity contribution in [3.63, 3.8) is 0 Å². The SMILES string of the molecule is Cc1nc(CNC2CC(C(C)C)C2)no1. The van der Waals surface area contributed by atoms with Gasteiger partial charge in [-0.25, -0.2) is 0 Å². The third-order valence-corrected chi connectivity index (χ3v) is 3.24. The van der Waals surface area contributed by atoms with E-state index in [0.717, 1.165) is 24.2 Å². The molecule has 0 radical (unpaired) electrons. The number of nitrogens with zero attached hydrogens (tertiary/aromatic N) is 2. The Labute approximate surface area is 90.4 Å². The average molecular weight is 209 g/mol. The van der Waals surface area contributed by atoms with E-state index in [4.69, 9.17) is 4.52 Å². The quantitative estimate of drug-likeness (QED) is 0.823. The van der Waals surface area contributed by atoms with Gasteiger partial charge in [0, 0.05) is 13.0 Å². The fourth-order valence-electron chi connectivity index (χ4n) is 2.02. The van der Waals surface area contributed by atoms with E-state index < -0.39 is 0 Å². The van der Waals surface area contributed by atoms with Crippen LogP contribution in [0, 0.1) is 18.8 Å².